The third-order valence-corrected chi connectivity index (χ3v) is 4.90. The number of anilines is 3. The fourth-order valence-electron chi connectivity index (χ4n) is 2.52. The minimum Gasteiger partial charge on any atom is -0.359 e. The molecule has 0 radical (unpaired) electrons. The van der Waals surface area contributed by atoms with E-state index in [0.717, 1.165) is 11.5 Å². The average molecular weight is 429 g/mol. The summed E-state index contributed by atoms with van der Waals surface area (Å²) in [5, 5.41) is 16.0. The Balaban J connectivity index is 1.57. The van der Waals surface area contributed by atoms with Gasteiger partial charge in [0.05, 0.1) is 5.69 Å². The van der Waals surface area contributed by atoms with E-state index in [9.17, 15) is 9.59 Å². The maximum Gasteiger partial charge on any atom is 0.324 e. The van der Waals surface area contributed by atoms with Crippen LogP contribution >= 0.6 is 11.5 Å². The lowest BCUT2D eigenvalue weighted by Gasteiger charge is -2.12. The van der Waals surface area contributed by atoms with Crippen molar-refractivity contribution in [2.75, 3.05) is 16.0 Å². The van der Waals surface area contributed by atoms with Gasteiger partial charge in [-0.3, -0.25) is 10.1 Å². The van der Waals surface area contributed by atoms with Gasteiger partial charge in [0, 0.05) is 22.9 Å². The molecule has 3 rings (SSSR count). The number of benzene rings is 1. The number of aromatic nitrogens is 3. The Morgan fingerprint density at radius 2 is 1.67 bits per heavy atom. The summed E-state index contributed by atoms with van der Waals surface area (Å²) in [5.41, 5.74) is 1.64. The minimum absolute atomic E-state index is 0.110. The molecular formula is C20H24N6O3S. The Morgan fingerprint density at radius 1 is 1.03 bits per heavy atom. The largest absolute Gasteiger partial charge is 0.359 e. The van der Waals surface area contributed by atoms with Crippen LogP contribution in [0.3, 0.4) is 0 Å². The maximum atomic E-state index is 12.5. The summed E-state index contributed by atoms with van der Waals surface area (Å²) in [6.45, 7) is 9.90. The Kier molecular flexibility index (Phi) is 6.16. The molecule has 3 aromatic rings. The number of rotatable bonds is 5. The molecule has 3 N–H and O–H groups in total. The highest BCUT2D eigenvalue weighted by Gasteiger charge is 2.21. The number of carbonyl (C=O) groups excluding carboxylic acids is 2. The summed E-state index contributed by atoms with van der Waals surface area (Å²) < 4.78 is 9.11. The van der Waals surface area contributed by atoms with E-state index in [4.69, 9.17) is 4.52 Å². The van der Waals surface area contributed by atoms with E-state index in [1.165, 1.54) is 0 Å². The first-order chi connectivity index (χ1) is 14.1. The first kappa shape index (κ1) is 21.4. The minimum atomic E-state index is -0.446. The summed E-state index contributed by atoms with van der Waals surface area (Å²) in [4.78, 5) is 25.1. The molecule has 10 heteroatoms. The Labute approximate surface area is 178 Å². The van der Waals surface area contributed by atoms with Gasteiger partial charge in [-0.1, -0.05) is 44.3 Å². The van der Waals surface area contributed by atoms with Crippen molar-refractivity contribution in [3.63, 3.8) is 0 Å². The summed E-state index contributed by atoms with van der Waals surface area (Å²) in [6, 6.07) is 8.02. The number of hydrogen-bond acceptors (Lipinski definition) is 7. The van der Waals surface area contributed by atoms with Crippen LogP contribution in [0.15, 0.2) is 34.9 Å². The van der Waals surface area contributed by atoms with Crippen LogP contribution in [0.4, 0.5) is 22.0 Å². The zero-order valence-corrected chi connectivity index (χ0v) is 18.3. The van der Waals surface area contributed by atoms with Crippen LogP contribution in [0.1, 0.15) is 61.7 Å². The van der Waals surface area contributed by atoms with Crippen molar-refractivity contribution in [3.8, 4) is 0 Å². The molecule has 0 aliphatic carbocycles. The van der Waals surface area contributed by atoms with Crippen molar-refractivity contribution in [1.29, 1.82) is 0 Å². The molecule has 0 unspecified atom stereocenters. The van der Waals surface area contributed by atoms with Crippen molar-refractivity contribution in [2.45, 2.75) is 46.0 Å². The molecule has 158 valence electrons. The number of urea groups is 1. The number of hydrogen-bond donors (Lipinski definition) is 3. The normalized spacial score (nSPS) is 11.4. The predicted octanol–water partition coefficient (Wildman–Crippen LogP) is 4.84. The quantitative estimate of drug-likeness (QED) is 0.534. The van der Waals surface area contributed by atoms with E-state index in [1.807, 2.05) is 34.6 Å². The fourth-order valence-corrected chi connectivity index (χ4v) is 3.24. The molecule has 9 nitrogen and oxygen atoms in total. The first-order valence-corrected chi connectivity index (χ1v) is 10.2. The smallest absolute Gasteiger partial charge is 0.324 e. The van der Waals surface area contributed by atoms with Crippen LogP contribution in [0, 0.1) is 0 Å². The molecule has 0 spiro atoms. The van der Waals surface area contributed by atoms with Crippen molar-refractivity contribution < 1.29 is 14.1 Å². The monoisotopic (exact) mass is 428 g/mol. The van der Waals surface area contributed by atoms with Gasteiger partial charge in [0.1, 0.15) is 10.6 Å². The summed E-state index contributed by atoms with van der Waals surface area (Å²) in [6.07, 6.45) is 0. The molecule has 30 heavy (non-hydrogen) atoms. The van der Waals surface area contributed by atoms with Crippen molar-refractivity contribution >= 4 is 40.7 Å². The summed E-state index contributed by atoms with van der Waals surface area (Å²) in [5.74, 6) is 0.863. The first-order valence-electron chi connectivity index (χ1n) is 9.42. The average Bonchev–Trinajstić information content (AvgIpc) is 3.32. The van der Waals surface area contributed by atoms with Crippen LogP contribution in [0.2, 0.25) is 0 Å². The van der Waals surface area contributed by atoms with E-state index in [0.29, 0.717) is 33.5 Å². The fraction of sp³-hybridized carbons (Fsp3) is 0.350. The van der Waals surface area contributed by atoms with E-state index in [1.54, 1.807) is 30.3 Å². The molecule has 0 bridgehead atoms. The Hall–Kier alpha value is -3.27. The lowest BCUT2D eigenvalue weighted by atomic mass is 9.93. The van der Waals surface area contributed by atoms with Crippen LogP contribution < -0.4 is 16.0 Å². The lowest BCUT2D eigenvalue weighted by Crippen LogP contribution is -2.19. The van der Waals surface area contributed by atoms with Crippen LogP contribution in [0.25, 0.3) is 0 Å². The second-order valence-electron chi connectivity index (χ2n) is 8.08. The molecule has 0 aliphatic heterocycles. The van der Waals surface area contributed by atoms with Crippen molar-refractivity contribution in [1.82, 2.24) is 14.7 Å². The Morgan fingerprint density at radius 3 is 2.23 bits per heavy atom. The molecule has 2 heterocycles. The summed E-state index contributed by atoms with van der Waals surface area (Å²) in [7, 11) is 0. The molecule has 0 aliphatic rings. The van der Waals surface area contributed by atoms with E-state index >= 15 is 0 Å². The Bertz CT molecular complexity index is 1030. The number of nitrogens with zero attached hydrogens (tertiary/aromatic N) is 3. The SMILES string of the molecule is CC(C)c1nnsc1C(=O)Nc1ccc(NC(=O)Nc2cc(C(C)(C)C)on2)cc1. The lowest BCUT2D eigenvalue weighted by molar-refractivity contribution is 0.102. The molecule has 0 saturated heterocycles. The van der Waals surface area contributed by atoms with Crippen LogP contribution in [0.5, 0.6) is 0 Å². The molecule has 0 atom stereocenters. The molecule has 2 aromatic heterocycles. The molecule has 3 amide bonds. The zero-order chi connectivity index (χ0) is 21.9. The van der Waals surface area contributed by atoms with Gasteiger partial charge in [0.25, 0.3) is 5.91 Å². The second-order valence-corrected chi connectivity index (χ2v) is 8.83. The molecule has 1 aromatic carbocycles. The van der Waals surface area contributed by atoms with Crippen molar-refractivity contribution in [3.05, 3.63) is 46.7 Å². The van der Waals surface area contributed by atoms with Crippen molar-refractivity contribution in [2.24, 2.45) is 0 Å². The second kappa shape index (κ2) is 8.62. The highest BCUT2D eigenvalue weighted by molar-refractivity contribution is 7.08. The highest BCUT2D eigenvalue weighted by Crippen LogP contribution is 2.25. The topological polar surface area (TPSA) is 122 Å². The maximum absolute atomic E-state index is 12.5. The van der Waals surface area contributed by atoms with Gasteiger partial charge in [-0.25, -0.2) is 4.79 Å². The van der Waals surface area contributed by atoms with Gasteiger partial charge in [0.15, 0.2) is 5.82 Å². The zero-order valence-electron chi connectivity index (χ0n) is 17.4. The van der Waals surface area contributed by atoms with E-state index < -0.39 is 6.03 Å². The molecular weight excluding hydrogens is 404 g/mol. The summed E-state index contributed by atoms with van der Waals surface area (Å²) >= 11 is 1.07. The third kappa shape index (κ3) is 5.20. The van der Waals surface area contributed by atoms with E-state index in [2.05, 4.69) is 30.7 Å². The van der Waals surface area contributed by atoms with Gasteiger partial charge in [-0.2, -0.15) is 0 Å². The van der Waals surface area contributed by atoms with Crippen LogP contribution in [-0.4, -0.2) is 26.7 Å². The predicted molar refractivity (Wildman–Crippen MR) is 116 cm³/mol. The number of carbonyl (C=O) groups is 2. The van der Waals surface area contributed by atoms with Gasteiger partial charge in [-0.05, 0) is 41.7 Å². The third-order valence-electron chi connectivity index (χ3n) is 4.16. The van der Waals surface area contributed by atoms with E-state index in [-0.39, 0.29) is 17.2 Å². The number of nitrogens with one attached hydrogen (secondary N) is 3. The van der Waals surface area contributed by atoms with Gasteiger partial charge in [-0.15, -0.1) is 5.10 Å². The van der Waals surface area contributed by atoms with Crippen LogP contribution in [-0.2, 0) is 5.41 Å². The number of amides is 3. The highest BCUT2D eigenvalue weighted by atomic mass is 32.1. The molecule has 0 fully saturated rings. The standard InChI is InChI=1S/C20H24N6O3S/c1-11(2)16-17(30-26-24-16)18(27)21-12-6-8-13(9-7-12)22-19(28)23-15-10-14(29-25-15)20(3,4)5/h6-11H,1-5H3,(H,21,27)(H2,22,23,25,28). The molecule has 0 saturated carbocycles. The van der Waals surface area contributed by atoms with Gasteiger partial charge in [0.2, 0.25) is 0 Å². The van der Waals surface area contributed by atoms with Gasteiger partial charge < -0.3 is 15.2 Å². The van der Waals surface area contributed by atoms with Gasteiger partial charge >= 0.3 is 6.03 Å².